The molecule has 7 nitrogen and oxygen atoms in total. The minimum atomic E-state index is -0.524. The molecule has 9 heteroatoms. The van der Waals surface area contributed by atoms with E-state index >= 15 is 0 Å². The van der Waals surface area contributed by atoms with Gasteiger partial charge in [0.1, 0.15) is 11.5 Å². The highest BCUT2D eigenvalue weighted by Crippen LogP contribution is 2.30. The van der Waals surface area contributed by atoms with E-state index in [1.54, 1.807) is 31.2 Å². The van der Waals surface area contributed by atoms with Crippen LogP contribution in [0.5, 0.6) is 0 Å². The van der Waals surface area contributed by atoms with Crippen LogP contribution in [0.4, 0.5) is 11.5 Å². The molecular formula is C17H12Cl2N4O3. The molecule has 0 spiro atoms. The van der Waals surface area contributed by atoms with Gasteiger partial charge in [0.25, 0.3) is 11.8 Å². The van der Waals surface area contributed by atoms with E-state index in [1.165, 1.54) is 18.3 Å². The highest BCUT2D eigenvalue weighted by atomic mass is 35.5. The van der Waals surface area contributed by atoms with Crippen molar-refractivity contribution in [3.8, 4) is 0 Å². The summed E-state index contributed by atoms with van der Waals surface area (Å²) in [4.78, 5) is 28.6. The lowest BCUT2D eigenvalue weighted by atomic mass is 10.2. The fraction of sp³-hybridized carbons (Fsp3) is 0.0588. The number of rotatable bonds is 4. The van der Waals surface area contributed by atoms with Crippen LogP contribution in [0.15, 0.2) is 47.1 Å². The number of halogens is 2. The van der Waals surface area contributed by atoms with E-state index in [0.717, 1.165) is 0 Å². The predicted molar refractivity (Wildman–Crippen MR) is 97.8 cm³/mol. The van der Waals surface area contributed by atoms with Gasteiger partial charge in [0.15, 0.2) is 5.82 Å². The number of para-hydroxylation sites is 1. The van der Waals surface area contributed by atoms with Gasteiger partial charge >= 0.3 is 0 Å². The zero-order chi connectivity index (χ0) is 18.7. The Kier molecular flexibility index (Phi) is 5.20. The number of anilines is 2. The van der Waals surface area contributed by atoms with E-state index in [0.29, 0.717) is 21.5 Å². The van der Waals surface area contributed by atoms with Crippen LogP contribution in [0.1, 0.15) is 26.6 Å². The fourth-order valence-corrected chi connectivity index (χ4v) is 2.60. The molecule has 0 atom stereocenters. The van der Waals surface area contributed by atoms with Crippen LogP contribution in [0.3, 0.4) is 0 Å². The molecule has 0 aliphatic rings. The summed E-state index contributed by atoms with van der Waals surface area (Å²) >= 11 is 12.1. The van der Waals surface area contributed by atoms with Gasteiger partial charge in [-0.05, 0) is 31.2 Å². The molecule has 3 rings (SSSR count). The Morgan fingerprint density at radius 3 is 2.42 bits per heavy atom. The number of nitrogens with zero attached hydrogens (tertiary/aromatic N) is 2. The van der Waals surface area contributed by atoms with Crippen LogP contribution in [-0.4, -0.2) is 22.0 Å². The van der Waals surface area contributed by atoms with Crippen molar-refractivity contribution in [3.63, 3.8) is 0 Å². The minimum Gasteiger partial charge on any atom is -0.360 e. The van der Waals surface area contributed by atoms with Crippen molar-refractivity contribution in [1.82, 2.24) is 10.1 Å². The maximum absolute atomic E-state index is 12.4. The van der Waals surface area contributed by atoms with Gasteiger partial charge in [-0.3, -0.25) is 14.6 Å². The van der Waals surface area contributed by atoms with Gasteiger partial charge in [-0.2, -0.15) is 0 Å². The Balaban J connectivity index is 1.78. The topological polar surface area (TPSA) is 97.1 Å². The molecule has 0 fully saturated rings. The summed E-state index contributed by atoms with van der Waals surface area (Å²) in [6, 6.07) is 9.26. The average Bonchev–Trinajstić information content (AvgIpc) is 3.03. The van der Waals surface area contributed by atoms with Crippen molar-refractivity contribution in [2.75, 3.05) is 10.6 Å². The summed E-state index contributed by atoms with van der Waals surface area (Å²) in [6.07, 6.45) is 1.35. The molecule has 0 radical (unpaired) electrons. The quantitative estimate of drug-likeness (QED) is 0.695. The first-order chi connectivity index (χ1) is 12.4. The number of hydrogen-bond donors (Lipinski definition) is 2. The summed E-state index contributed by atoms with van der Waals surface area (Å²) in [5.41, 5.74) is 0.558. The van der Waals surface area contributed by atoms with E-state index in [1.807, 2.05) is 0 Å². The van der Waals surface area contributed by atoms with Gasteiger partial charge < -0.3 is 15.2 Å². The third-order valence-corrected chi connectivity index (χ3v) is 3.96. The molecule has 0 saturated heterocycles. The molecule has 2 N–H and O–H groups in total. The molecule has 2 amide bonds. The monoisotopic (exact) mass is 390 g/mol. The Morgan fingerprint density at radius 2 is 1.77 bits per heavy atom. The van der Waals surface area contributed by atoms with Crippen molar-refractivity contribution in [2.24, 2.45) is 0 Å². The van der Waals surface area contributed by atoms with Crippen molar-refractivity contribution in [2.45, 2.75) is 6.92 Å². The average molecular weight is 391 g/mol. The van der Waals surface area contributed by atoms with Crippen LogP contribution in [0, 0.1) is 6.92 Å². The van der Waals surface area contributed by atoms with Crippen molar-refractivity contribution in [1.29, 1.82) is 0 Å². The number of carbonyl (C=O) groups is 2. The standard InChI is InChI=1S/C17H12Cl2N4O3/c1-9-7-14(23-26-9)21-17(25)13-8-10(5-6-20-13)16(24)22-15-11(18)3-2-4-12(15)19/h2-8H,1H3,(H,22,24)(H,21,23,25). The smallest absolute Gasteiger partial charge is 0.275 e. The lowest BCUT2D eigenvalue weighted by Crippen LogP contribution is -2.17. The van der Waals surface area contributed by atoms with Gasteiger partial charge in [0.05, 0.1) is 15.7 Å². The number of amides is 2. The number of carbonyl (C=O) groups excluding carboxylic acids is 2. The largest absolute Gasteiger partial charge is 0.360 e. The van der Waals surface area contributed by atoms with Crippen molar-refractivity contribution in [3.05, 3.63) is 69.7 Å². The second-order valence-electron chi connectivity index (χ2n) is 5.26. The van der Waals surface area contributed by atoms with E-state index in [-0.39, 0.29) is 17.1 Å². The van der Waals surface area contributed by atoms with E-state index in [9.17, 15) is 9.59 Å². The number of benzene rings is 1. The van der Waals surface area contributed by atoms with Gasteiger partial charge in [0.2, 0.25) is 0 Å². The lowest BCUT2D eigenvalue weighted by Gasteiger charge is -2.09. The molecule has 0 unspecified atom stereocenters. The Bertz CT molecular complexity index is 967. The van der Waals surface area contributed by atoms with Gasteiger partial charge in [-0.15, -0.1) is 0 Å². The van der Waals surface area contributed by atoms with E-state index < -0.39 is 11.8 Å². The van der Waals surface area contributed by atoms with Crippen LogP contribution in [0.25, 0.3) is 0 Å². The molecule has 1 aromatic carbocycles. The molecule has 2 heterocycles. The summed E-state index contributed by atoms with van der Waals surface area (Å²) in [5.74, 6) is -0.192. The third-order valence-electron chi connectivity index (χ3n) is 3.33. The van der Waals surface area contributed by atoms with E-state index in [4.69, 9.17) is 27.7 Å². The third kappa shape index (κ3) is 4.01. The molecule has 0 saturated carbocycles. The normalized spacial score (nSPS) is 10.4. The first kappa shape index (κ1) is 17.9. The summed E-state index contributed by atoms with van der Waals surface area (Å²) in [5, 5.41) is 9.44. The first-order valence-electron chi connectivity index (χ1n) is 7.40. The van der Waals surface area contributed by atoms with Gasteiger partial charge in [0, 0.05) is 17.8 Å². The van der Waals surface area contributed by atoms with Crippen LogP contribution < -0.4 is 10.6 Å². The van der Waals surface area contributed by atoms with Crippen LogP contribution in [-0.2, 0) is 0 Å². The molecule has 0 bridgehead atoms. The number of pyridine rings is 1. The predicted octanol–water partition coefficient (Wildman–Crippen LogP) is 4.19. The zero-order valence-electron chi connectivity index (χ0n) is 13.4. The van der Waals surface area contributed by atoms with Gasteiger partial charge in [-0.1, -0.05) is 34.4 Å². The molecule has 0 aliphatic heterocycles. The molecule has 26 heavy (non-hydrogen) atoms. The Labute approximate surface area is 158 Å². The summed E-state index contributed by atoms with van der Waals surface area (Å²) in [7, 11) is 0. The summed E-state index contributed by atoms with van der Waals surface area (Å²) < 4.78 is 4.88. The lowest BCUT2D eigenvalue weighted by molar-refractivity contribution is 0.102. The minimum absolute atomic E-state index is 0.0450. The molecule has 3 aromatic rings. The van der Waals surface area contributed by atoms with Crippen molar-refractivity contribution >= 4 is 46.5 Å². The second kappa shape index (κ2) is 7.55. The second-order valence-corrected chi connectivity index (χ2v) is 6.07. The maximum atomic E-state index is 12.4. The fourth-order valence-electron chi connectivity index (χ4n) is 2.10. The molecule has 0 aliphatic carbocycles. The molecular weight excluding hydrogens is 379 g/mol. The molecule has 132 valence electrons. The van der Waals surface area contributed by atoms with Crippen molar-refractivity contribution < 1.29 is 14.1 Å². The maximum Gasteiger partial charge on any atom is 0.275 e. The Morgan fingerprint density at radius 1 is 1.04 bits per heavy atom. The summed E-state index contributed by atoms with van der Waals surface area (Å²) in [6.45, 7) is 1.70. The first-order valence-corrected chi connectivity index (χ1v) is 8.15. The zero-order valence-corrected chi connectivity index (χ0v) is 14.9. The van der Waals surface area contributed by atoms with Crippen LogP contribution in [0.2, 0.25) is 10.0 Å². The highest BCUT2D eigenvalue weighted by Gasteiger charge is 2.15. The van der Waals surface area contributed by atoms with Gasteiger partial charge in [-0.25, -0.2) is 0 Å². The van der Waals surface area contributed by atoms with Crippen LogP contribution >= 0.6 is 23.2 Å². The SMILES string of the molecule is Cc1cc(NC(=O)c2cc(C(=O)Nc3c(Cl)cccc3Cl)ccn2)no1. The number of nitrogens with one attached hydrogen (secondary N) is 2. The number of aromatic nitrogens is 2. The van der Waals surface area contributed by atoms with E-state index in [2.05, 4.69) is 20.8 Å². The number of hydrogen-bond acceptors (Lipinski definition) is 5. The molecule has 2 aromatic heterocycles. The number of aryl methyl sites for hydroxylation is 1. The Hall–Kier alpha value is -2.90. The highest BCUT2D eigenvalue weighted by molar-refractivity contribution is 6.40.